The standard InChI is InChI=1S/C53H100NO8P/c1-6-8-10-12-14-16-18-20-22-24-25-26-27-28-30-31-33-35-37-39-41-43-45-52(55)59-49-51(50-61-63(57,58)60-48-47-54(3,4)5)62-53(56)46-44-42-40-38-36-34-32-29-23-21-19-17-15-13-11-9-7-2/h15,17,21,23,32,34,51H,6-14,16,18-20,22,24-31,33,35-50H2,1-5H3/p+1/b17-15+,23-21+,34-32+/t51-/m1/s1. The van der Waals surface area contributed by atoms with Gasteiger partial charge in [0.15, 0.2) is 6.10 Å². The summed E-state index contributed by atoms with van der Waals surface area (Å²) in [4.78, 5) is 35.5. The number of nitrogens with zero attached hydrogens (tertiary/aromatic N) is 1. The van der Waals surface area contributed by atoms with E-state index < -0.39 is 26.5 Å². The molecule has 1 N–H and O–H groups in total. The molecule has 0 radical (unpaired) electrons. The topological polar surface area (TPSA) is 108 Å². The monoisotopic (exact) mass is 911 g/mol. The van der Waals surface area contributed by atoms with Crippen LogP contribution in [0.2, 0.25) is 0 Å². The molecule has 10 heteroatoms. The molecule has 370 valence electrons. The summed E-state index contributed by atoms with van der Waals surface area (Å²) in [5.74, 6) is -0.813. The van der Waals surface area contributed by atoms with E-state index in [-0.39, 0.29) is 32.0 Å². The zero-order valence-electron chi connectivity index (χ0n) is 41.8. The van der Waals surface area contributed by atoms with Crippen LogP contribution < -0.4 is 0 Å². The van der Waals surface area contributed by atoms with Crippen molar-refractivity contribution in [3.8, 4) is 0 Å². The number of ether oxygens (including phenoxy) is 2. The highest BCUT2D eigenvalue weighted by Gasteiger charge is 2.27. The number of carbonyl (C=O) groups is 2. The minimum Gasteiger partial charge on any atom is -0.462 e. The molecule has 0 saturated heterocycles. The van der Waals surface area contributed by atoms with Gasteiger partial charge in [0.1, 0.15) is 19.8 Å². The van der Waals surface area contributed by atoms with Crippen LogP contribution in [-0.2, 0) is 32.7 Å². The molecule has 1 unspecified atom stereocenters. The first-order valence-corrected chi connectivity index (χ1v) is 27.7. The van der Waals surface area contributed by atoms with Gasteiger partial charge in [-0.2, -0.15) is 0 Å². The van der Waals surface area contributed by atoms with Gasteiger partial charge in [-0.05, 0) is 51.4 Å². The van der Waals surface area contributed by atoms with Gasteiger partial charge < -0.3 is 18.9 Å². The van der Waals surface area contributed by atoms with Crippen molar-refractivity contribution in [2.75, 3.05) is 47.5 Å². The van der Waals surface area contributed by atoms with Crippen molar-refractivity contribution in [2.24, 2.45) is 0 Å². The number of unbranched alkanes of at least 4 members (excludes halogenated alkanes) is 28. The molecule has 0 spiro atoms. The molecular formula is C53H101NO8P+. The van der Waals surface area contributed by atoms with Crippen molar-refractivity contribution < 1.29 is 42.1 Å². The van der Waals surface area contributed by atoms with E-state index in [0.29, 0.717) is 17.4 Å². The third-order valence-corrected chi connectivity index (χ3v) is 12.4. The molecule has 0 bridgehead atoms. The highest BCUT2D eigenvalue weighted by atomic mass is 31.2. The van der Waals surface area contributed by atoms with Gasteiger partial charge in [0.25, 0.3) is 0 Å². The zero-order valence-corrected chi connectivity index (χ0v) is 42.7. The summed E-state index contributed by atoms with van der Waals surface area (Å²) in [6.45, 7) is 4.40. The predicted molar refractivity (Wildman–Crippen MR) is 266 cm³/mol. The highest BCUT2D eigenvalue weighted by molar-refractivity contribution is 7.47. The average molecular weight is 911 g/mol. The fraction of sp³-hybridized carbons (Fsp3) is 0.849. The van der Waals surface area contributed by atoms with Crippen molar-refractivity contribution >= 4 is 19.8 Å². The van der Waals surface area contributed by atoms with E-state index in [1.807, 2.05) is 21.1 Å². The molecule has 0 aliphatic heterocycles. The third kappa shape index (κ3) is 49.5. The van der Waals surface area contributed by atoms with Crippen LogP contribution >= 0.6 is 7.82 Å². The van der Waals surface area contributed by atoms with Crippen LogP contribution in [0, 0.1) is 0 Å². The van der Waals surface area contributed by atoms with Gasteiger partial charge in [0.05, 0.1) is 27.7 Å². The van der Waals surface area contributed by atoms with E-state index in [4.69, 9.17) is 18.5 Å². The van der Waals surface area contributed by atoms with E-state index >= 15 is 0 Å². The van der Waals surface area contributed by atoms with Gasteiger partial charge in [-0.1, -0.05) is 211 Å². The molecule has 0 fully saturated rings. The number of esters is 2. The number of phosphoric acid groups is 1. The van der Waals surface area contributed by atoms with E-state index in [9.17, 15) is 19.0 Å². The normalized spacial score (nSPS) is 13.7. The lowest BCUT2D eigenvalue weighted by Gasteiger charge is -2.24. The third-order valence-electron chi connectivity index (χ3n) is 11.4. The Balaban J connectivity index is 4.23. The molecular weight excluding hydrogens is 810 g/mol. The smallest absolute Gasteiger partial charge is 0.462 e. The SMILES string of the molecule is CCCCC/C=C/C/C=C/C/C=C/CCCCCCC(=O)O[C@H](COC(=O)CCCCCCCCCCCCCCCCCCCCCCCC)COP(=O)(O)OCC[N+](C)(C)C. The van der Waals surface area contributed by atoms with Gasteiger partial charge in [-0.15, -0.1) is 0 Å². The molecule has 9 nitrogen and oxygen atoms in total. The maximum atomic E-state index is 12.7. The van der Waals surface area contributed by atoms with E-state index in [1.165, 1.54) is 148 Å². The first-order chi connectivity index (χ1) is 30.5. The number of hydrogen-bond acceptors (Lipinski definition) is 7. The lowest BCUT2D eigenvalue weighted by atomic mass is 10.0. The Bertz CT molecular complexity index is 1170. The number of carbonyl (C=O) groups excluding carboxylic acids is 2. The molecule has 0 aromatic carbocycles. The van der Waals surface area contributed by atoms with Crippen molar-refractivity contribution in [3.05, 3.63) is 36.5 Å². The Morgan fingerprint density at radius 2 is 0.857 bits per heavy atom. The fourth-order valence-corrected chi connectivity index (χ4v) is 8.06. The maximum absolute atomic E-state index is 12.7. The van der Waals surface area contributed by atoms with Gasteiger partial charge in [0.2, 0.25) is 0 Å². The number of phosphoric ester groups is 1. The minimum absolute atomic E-state index is 0.0280. The van der Waals surface area contributed by atoms with E-state index in [1.54, 1.807) is 0 Å². The van der Waals surface area contributed by atoms with Gasteiger partial charge >= 0.3 is 19.8 Å². The predicted octanol–water partition coefficient (Wildman–Crippen LogP) is 15.6. The Labute approximate surface area is 389 Å². The number of likely N-dealkylation sites (N-methyl/N-ethyl adjacent to an activating group) is 1. The largest absolute Gasteiger partial charge is 0.472 e. The van der Waals surface area contributed by atoms with Crippen LogP contribution in [0.3, 0.4) is 0 Å². The molecule has 0 saturated carbocycles. The van der Waals surface area contributed by atoms with Crippen molar-refractivity contribution in [3.63, 3.8) is 0 Å². The molecule has 63 heavy (non-hydrogen) atoms. The number of hydrogen-bond donors (Lipinski definition) is 1. The lowest BCUT2D eigenvalue weighted by molar-refractivity contribution is -0.870. The van der Waals surface area contributed by atoms with E-state index in [2.05, 4.69) is 50.3 Å². The number of allylic oxidation sites excluding steroid dienone is 6. The highest BCUT2D eigenvalue weighted by Crippen LogP contribution is 2.43. The average Bonchev–Trinajstić information content (AvgIpc) is 3.24. The molecule has 0 amide bonds. The quantitative estimate of drug-likeness (QED) is 0.0211. The fourth-order valence-electron chi connectivity index (χ4n) is 7.32. The van der Waals surface area contributed by atoms with Gasteiger partial charge in [-0.3, -0.25) is 18.6 Å². The van der Waals surface area contributed by atoms with Gasteiger partial charge in [-0.25, -0.2) is 4.57 Å². The first-order valence-electron chi connectivity index (χ1n) is 26.2. The molecule has 0 rings (SSSR count). The lowest BCUT2D eigenvalue weighted by Crippen LogP contribution is -2.37. The maximum Gasteiger partial charge on any atom is 0.472 e. The summed E-state index contributed by atoms with van der Waals surface area (Å²) in [5, 5.41) is 0. The first kappa shape index (κ1) is 61.2. The second kappa shape index (κ2) is 45.4. The van der Waals surface area contributed by atoms with Crippen LogP contribution in [0.1, 0.15) is 239 Å². The Morgan fingerprint density at radius 1 is 0.492 bits per heavy atom. The summed E-state index contributed by atoms with van der Waals surface area (Å²) in [5.41, 5.74) is 0. The van der Waals surface area contributed by atoms with Crippen molar-refractivity contribution in [2.45, 2.75) is 245 Å². The summed E-state index contributed by atoms with van der Waals surface area (Å²) < 4.78 is 34.4. The van der Waals surface area contributed by atoms with Crippen LogP contribution in [0.4, 0.5) is 0 Å². The minimum atomic E-state index is -4.38. The second-order valence-electron chi connectivity index (χ2n) is 18.9. The van der Waals surface area contributed by atoms with Crippen LogP contribution in [0.5, 0.6) is 0 Å². The van der Waals surface area contributed by atoms with Crippen molar-refractivity contribution in [1.82, 2.24) is 0 Å². The summed E-state index contributed by atoms with van der Waals surface area (Å²) in [7, 11) is 1.47. The number of quaternary nitrogens is 1. The molecule has 0 aromatic rings. The molecule has 0 heterocycles. The Kier molecular flexibility index (Phi) is 44.1. The Morgan fingerprint density at radius 3 is 1.30 bits per heavy atom. The zero-order chi connectivity index (χ0) is 46.4. The summed E-state index contributed by atoms with van der Waals surface area (Å²) in [6.07, 6.45) is 53.4. The van der Waals surface area contributed by atoms with Crippen LogP contribution in [0.15, 0.2) is 36.5 Å². The van der Waals surface area contributed by atoms with E-state index in [0.717, 1.165) is 57.8 Å². The number of rotatable bonds is 48. The molecule has 2 atom stereocenters. The summed E-state index contributed by atoms with van der Waals surface area (Å²) >= 11 is 0. The molecule has 0 aliphatic carbocycles. The van der Waals surface area contributed by atoms with Crippen LogP contribution in [-0.4, -0.2) is 74.9 Å². The Hall–Kier alpha value is -1.77. The van der Waals surface area contributed by atoms with Crippen molar-refractivity contribution in [1.29, 1.82) is 0 Å². The summed E-state index contributed by atoms with van der Waals surface area (Å²) in [6, 6.07) is 0. The molecule has 0 aromatic heterocycles. The van der Waals surface area contributed by atoms with Crippen LogP contribution in [0.25, 0.3) is 0 Å². The molecule has 0 aliphatic rings. The van der Waals surface area contributed by atoms with Gasteiger partial charge in [0, 0.05) is 12.8 Å². The second-order valence-corrected chi connectivity index (χ2v) is 20.4.